The van der Waals surface area contributed by atoms with Gasteiger partial charge in [-0.3, -0.25) is 5.32 Å². The molecule has 0 rings (SSSR count). The molecule has 16 heteroatoms. The van der Waals surface area contributed by atoms with Gasteiger partial charge in [0.05, 0.1) is 6.61 Å². The monoisotopic (exact) mass is 419 g/mol. The van der Waals surface area contributed by atoms with E-state index in [2.05, 4.69) is 4.74 Å². The molecule has 0 aromatic heterocycles. The fourth-order valence-corrected chi connectivity index (χ4v) is 1.30. The van der Waals surface area contributed by atoms with Crippen molar-refractivity contribution in [1.82, 2.24) is 5.32 Å². The van der Waals surface area contributed by atoms with Gasteiger partial charge in [-0.05, 0) is 6.92 Å². The first-order valence-electron chi connectivity index (χ1n) is 6.10. The first-order valence-corrected chi connectivity index (χ1v) is 6.10. The summed E-state index contributed by atoms with van der Waals surface area (Å²) in [6, 6.07) is 0. The number of ether oxygens (including phenoxy) is 1. The minimum Gasteiger partial charge on any atom is -0.450 e. The standard InChI is InChI=1S/C10H9F12NO3/c1-2-26-5(25)23-4(24)7(15,16)9(19,20)10(21,22)8(17,18)6(13,14)3(11)12/h3-4,24H,2H2,1H3,(H,23,25). The molecule has 1 amide bonds. The second-order valence-electron chi connectivity index (χ2n) is 4.54. The summed E-state index contributed by atoms with van der Waals surface area (Å²) in [6.45, 7) is 0.440. The Morgan fingerprint density at radius 3 is 1.62 bits per heavy atom. The molecule has 0 saturated carbocycles. The van der Waals surface area contributed by atoms with Crippen molar-refractivity contribution in [2.75, 3.05) is 6.61 Å². The molecule has 0 aromatic rings. The highest BCUT2D eigenvalue weighted by atomic mass is 19.4. The maximum Gasteiger partial charge on any atom is 0.409 e. The van der Waals surface area contributed by atoms with Crippen molar-refractivity contribution in [3.8, 4) is 0 Å². The lowest BCUT2D eigenvalue weighted by atomic mass is 9.93. The van der Waals surface area contributed by atoms with E-state index < -0.39 is 55.0 Å². The molecule has 0 aromatic carbocycles. The minimum atomic E-state index is -7.79. The van der Waals surface area contributed by atoms with E-state index in [1.54, 1.807) is 0 Å². The van der Waals surface area contributed by atoms with Gasteiger partial charge in [0.2, 0.25) is 6.23 Å². The van der Waals surface area contributed by atoms with Gasteiger partial charge in [-0.2, -0.15) is 43.9 Å². The zero-order chi connectivity index (χ0) is 21.4. The number of hydrogen-bond acceptors (Lipinski definition) is 3. The van der Waals surface area contributed by atoms with Gasteiger partial charge in [-0.15, -0.1) is 0 Å². The van der Waals surface area contributed by atoms with E-state index in [0.717, 1.165) is 6.92 Å². The highest BCUT2D eigenvalue weighted by Crippen LogP contribution is 2.58. The Hall–Kier alpha value is -1.61. The van der Waals surface area contributed by atoms with Crippen molar-refractivity contribution in [3.05, 3.63) is 0 Å². The average molecular weight is 419 g/mol. The first-order chi connectivity index (χ1) is 11.3. The lowest BCUT2D eigenvalue weighted by Crippen LogP contribution is -2.71. The lowest BCUT2D eigenvalue weighted by Gasteiger charge is -2.40. The fourth-order valence-electron chi connectivity index (χ4n) is 1.30. The minimum absolute atomic E-state index is 0.463. The third kappa shape index (κ3) is 3.59. The molecule has 1 atom stereocenters. The smallest absolute Gasteiger partial charge is 0.409 e. The number of carbonyl (C=O) groups excluding carboxylic acids is 1. The van der Waals surface area contributed by atoms with Gasteiger partial charge in [0.1, 0.15) is 0 Å². The molecule has 0 bridgehead atoms. The third-order valence-electron chi connectivity index (χ3n) is 2.77. The summed E-state index contributed by atoms with van der Waals surface area (Å²) in [6.07, 6.45) is -12.1. The number of amides is 1. The summed E-state index contributed by atoms with van der Waals surface area (Å²) in [5.41, 5.74) is 0. The molecule has 0 aliphatic heterocycles. The van der Waals surface area contributed by atoms with Gasteiger partial charge >= 0.3 is 42.1 Å². The Kier molecular flexibility index (Phi) is 6.74. The molecule has 0 aliphatic carbocycles. The largest absolute Gasteiger partial charge is 0.450 e. The Morgan fingerprint density at radius 2 is 1.27 bits per heavy atom. The topological polar surface area (TPSA) is 58.6 Å². The summed E-state index contributed by atoms with van der Waals surface area (Å²) in [5, 5.41) is 9.16. The summed E-state index contributed by atoms with van der Waals surface area (Å²) < 4.78 is 158. The molecular formula is C10H9F12NO3. The van der Waals surface area contributed by atoms with Crippen LogP contribution < -0.4 is 5.32 Å². The second kappa shape index (κ2) is 7.19. The van der Waals surface area contributed by atoms with Crippen molar-refractivity contribution >= 4 is 6.09 Å². The van der Waals surface area contributed by atoms with E-state index in [1.807, 2.05) is 0 Å². The molecule has 0 heterocycles. The van der Waals surface area contributed by atoms with Crippen LogP contribution in [0.2, 0.25) is 0 Å². The van der Waals surface area contributed by atoms with Crippen molar-refractivity contribution in [1.29, 1.82) is 0 Å². The van der Waals surface area contributed by atoms with Crippen molar-refractivity contribution < 1.29 is 67.3 Å². The number of nitrogens with one attached hydrogen (secondary N) is 1. The van der Waals surface area contributed by atoms with E-state index in [0.29, 0.717) is 5.32 Å². The lowest BCUT2D eigenvalue weighted by molar-refractivity contribution is -0.420. The maximum absolute atomic E-state index is 13.3. The van der Waals surface area contributed by atoms with E-state index in [4.69, 9.17) is 5.11 Å². The van der Waals surface area contributed by atoms with Crippen LogP contribution in [-0.2, 0) is 4.74 Å². The van der Waals surface area contributed by atoms with Crippen LogP contribution in [0.5, 0.6) is 0 Å². The summed E-state index contributed by atoms with van der Waals surface area (Å²) in [4.78, 5) is 10.7. The average Bonchev–Trinajstić information content (AvgIpc) is 2.46. The zero-order valence-corrected chi connectivity index (χ0v) is 12.2. The van der Waals surface area contributed by atoms with Crippen LogP contribution in [0.15, 0.2) is 0 Å². The first kappa shape index (κ1) is 24.4. The SMILES string of the molecule is CCOC(=O)NC(O)C(F)(F)C(F)(F)C(F)(F)C(F)(F)C(F)(F)C(F)F. The predicted molar refractivity (Wildman–Crippen MR) is 56.9 cm³/mol. The molecule has 0 fully saturated rings. The Labute approximate surface area is 136 Å². The Morgan fingerprint density at radius 1 is 0.885 bits per heavy atom. The maximum atomic E-state index is 13.3. The molecule has 0 saturated heterocycles. The summed E-state index contributed by atoms with van der Waals surface area (Å²) in [5.74, 6) is -36.9. The van der Waals surface area contributed by atoms with E-state index in [-0.39, 0.29) is 0 Å². The molecule has 26 heavy (non-hydrogen) atoms. The third-order valence-corrected chi connectivity index (χ3v) is 2.77. The van der Waals surface area contributed by atoms with Crippen LogP contribution in [0.3, 0.4) is 0 Å². The number of aliphatic hydroxyl groups is 1. The zero-order valence-electron chi connectivity index (χ0n) is 12.2. The molecule has 2 N–H and O–H groups in total. The van der Waals surface area contributed by atoms with Crippen LogP contribution >= 0.6 is 0 Å². The molecule has 4 nitrogen and oxygen atoms in total. The number of alkyl halides is 12. The van der Waals surface area contributed by atoms with Crippen LogP contribution in [-0.4, -0.2) is 60.1 Å². The molecular weight excluding hydrogens is 410 g/mol. The normalized spacial score (nSPS) is 15.8. The number of halogens is 12. The number of hydrogen-bond donors (Lipinski definition) is 2. The predicted octanol–water partition coefficient (Wildman–Crippen LogP) is 3.49. The summed E-state index contributed by atoms with van der Waals surface area (Å²) >= 11 is 0. The quantitative estimate of drug-likeness (QED) is 0.468. The summed E-state index contributed by atoms with van der Waals surface area (Å²) in [7, 11) is 0. The van der Waals surface area contributed by atoms with Crippen LogP contribution in [0, 0.1) is 0 Å². The van der Waals surface area contributed by atoms with Gasteiger partial charge in [0.15, 0.2) is 0 Å². The molecule has 0 radical (unpaired) electrons. The highest BCUT2D eigenvalue weighted by molar-refractivity contribution is 5.67. The Balaban J connectivity index is 5.98. The molecule has 156 valence electrons. The molecule has 1 unspecified atom stereocenters. The number of alkyl carbamates (subject to hydrolysis) is 1. The highest BCUT2D eigenvalue weighted by Gasteiger charge is 2.88. The number of rotatable bonds is 8. The van der Waals surface area contributed by atoms with E-state index in [1.165, 1.54) is 0 Å². The van der Waals surface area contributed by atoms with Gasteiger partial charge in [0.25, 0.3) is 0 Å². The molecule has 0 aliphatic rings. The van der Waals surface area contributed by atoms with Gasteiger partial charge < -0.3 is 9.84 Å². The Bertz CT molecular complexity index is 509. The van der Waals surface area contributed by atoms with Crippen molar-refractivity contribution in [3.63, 3.8) is 0 Å². The van der Waals surface area contributed by atoms with Crippen LogP contribution in [0.1, 0.15) is 6.92 Å². The van der Waals surface area contributed by atoms with E-state index in [9.17, 15) is 57.5 Å². The van der Waals surface area contributed by atoms with E-state index >= 15 is 0 Å². The van der Waals surface area contributed by atoms with Crippen LogP contribution in [0.4, 0.5) is 57.5 Å². The second-order valence-corrected chi connectivity index (χ2v) is 4.54. The van der Waals surface area contributed by atoms with Gasteiger partial charge in [-0.1, -0.05) is 0 Å². The fraction of sp³-hybridized carbons (Fsp3) is 0.900. The van der Waals surface area contributed by atoms with Crippen molar-refractivity contribution in [2.45, 2.75) is 49.2 Å². The molecule has 0 spiro atoms. The van der Waals surface area contributed by atoms with Gasteiger partial charge in [0, 0.05) is 0 Å². The number of carbonyl (C=O) groups is 1. The van der Waals surface area contributed by atoms with Crippen LogP contribution in [0.25, 0.3) is 0 Å². The van der Waals surface area contributed by atoms with Crippen molar-refractivity contribution in [2.24, 2.45) is 0 Å². The number of aliphatic hydroxyl groups excluding tert-OH is 1. The van der Waals surface area contributed by atoms with Gasteiger partial charge in [-0.25, -0.2) is 13.6 Å².